The summed E-state index contributed by atoms with van der Waals surface area (Å²) >= 11 is 0. The normalized spacial score (nSPS) is 11.8. The van der Waals surface area contributed by atoms with E-state index in [9.17, 15) is 4.79 Å². The Labute approximate surface area is 147 Å². The van der Waals surface area contributed by atoms with Gasteiger partial charge in [-0.05, 0) is 30.0 Å². The number of benzene rings is 3. The third kappa shape index (κ3) is 3.74. The standard InChI is InChI=1S/C21H21NO3/c1-3-18(25-20-14-7-6-13-19(20)24-2)21(23)22-17-12-8-10-15-9-4-5-11-16(15)17/h4-14,18H,3H2,1-2H3,(H,22,23)/t18-/m0/s1. The number of fused-ring (bicyclic) bond motifs is 1. The number of methoxy groups -OCH3 is 1. The molecule has 1 amide bonds. The molecule has 1 atom stereocenters. The molecular weight excluding hydrogens is 314 g/mol. The average Bonchev–Trinajstić information content (AvgIpc) is 2.66. The zero-order chi connectivity index (χ0) is 17.6. The van der Waals surface area contributed by atoms with E-state index in [1.165, 1.54) is 0 Å². The number of hydrogen-bond donors (Lipinski definition) is 1. The SMILES string of the molecule is CC[C@H](Oc1ccccc1OC)C(=O)Nc1cccc2ccccc12. The Morgan fingerprint density at radius 3 is 2.40 bits per heavy atom. The molecule has 3 aromatic carbocycles. The van der Waals surface area contributed by atoms with Gasteiger partial charge in [-0.3, -0.25) is 4.79 Å². The number of anilines is 1. The molecule has 0 unspecified atom stereocenters. The van der Waals surface area contributed by atoms with E-state index in [4.69, 9.17) is 9.47 Å². The fourth-order valence-electron chi connectivity index (χ4n) is 2.74. The second-order valence-electron chi connectivity index (χ2n) is 5.68. The fraction of sp³-hybridized carbons (Fsp3) is 0.190. The van der Waals surface area contributed by atoms with E-state index in [1.54, 1.807) is 13.2 Å². The third-order valence-corrected chi connectivity index (χ3v) is 4.05. The number of ether oxygens (including phenoxy) is 2. The van der Waals surface area contributed by atoms with Crippen LogP contribution in [0.1, 0.15) is 13.3 Å². The molecule has 4 nitrogen and oxygen atoms in total. The predicted molar refractivity (Wildman–Crippen MR) is 100 cm³/mol. The lowest BCUT2D eigenvalue weighted by atomic mass is 10.1. The molecule has 0 heterocycles. The summed E-state index contributed by atoms with van der Waals surface area (Å²) in [6.07, 6.45) is -0.0514. The minimum atomic E-state index is -0.602. The first-order valence-electron chi connectivity index (χ1n) is 8.31. The van der Waals surface area contributed by atoms with Crippen LogP contribution in [0.15, 0.2) is 66.7 Å². The van der Waals surface area contributed by atoms with Crippen molar-refractivity contribution in [3.63, 3.8) is 0 Å². The van der Waals surface area contributed by atoms with E-state index in [0.717, 1.165) is 16.5 Å². The number of hydrogen-bond acceptors (Lipinski definition) is 3. The van der Waals surface area contributed by atoms with Crippen LogP contribution in [0, 0.1) is 0 Å². The summed E-state index contributed by atoms with van der Waals surface area (Å²) < 4.78 is 11.2. The Morgan fingerprint density at radius 2 is 1.64 bits per heavy atom. The van der Waals surface area contributed by atoms with Gasteiger partial charge in [0, 0.05) is 11.1 Å². The molecule has 0 saturated carbocycles. The Kier molecular flexibility index (Phi) is 5.19. The van der Waals surface area contributed by atoms with Gasteiger partial charge in [0.1, 0.15) is 0 Å². The van der Waals surface area contributed by atoms with Gasteiger partial charge in [-0.2, -0.15) is 0 Å². The maximum absolute atomic E-state index is 12.7. The highest BCUT2D eigenvalue weighted by Gasteiger charge is 2.20. The first-order chi connectivity index (χ1) is 12.2. The molecule has 0 aliphatic rings. The summed E-state index contributed by atoms with van der Waals surface area (Å²) in [6.45, 7) is 1.92. The van der Waals surface area contributed by atoms with Crippen molar-refractivity contribution in [2.75, 3.05) is 12.4 Å². The largest absolute Gasteiger partial charge is 0.493 e. The van der Waals surface area contributed by atoms with Crippen LogP contribution >= 0.6 is 0 Å². The Bertz CT molecular complexity index is 870. The predicted octanol–water partition coefficient (Wildman–Crippen LogP) is 4.64. The Balaban J connectivity index is 1.80. The molecule has 0 fully saturated rings. The van der Waals surface area contributed by atoms with Gasteiger partial charge in [-0.15, -0.1) is 0 Å². The highest BCUT2D eigenvalue weighted by atomic mass is 16.5. The first-order valence-corrected chi connectivity index (χ1v) is 8.31. The zero-order valence-corrected chi connectivity index (χ0v) is 14.4. The Hall–Kier alpha value is -3.01. The van der Waals surface area contributed by atoms with Crippen molar-refractivity contribution >= 4 is 22.4 Å². The zero-order valence-electron chi connectivity index (χ0n) is 14.4. The van der Waals surface area contributed by atoms with E-state index in [1.807, 2.05) is 67.6 Å². The maximum atomic E-state index is 12.7. The molecule has 3 aromatic rings. The smallest absolute Gasteiger partial charge is 0.265 e. The monoisotopic (exact) mass is 335 g/mol. The summed E-state index contributed by atoms with van der Waals surface area (Å²) in [7, 11) is 1.58. The van der Waals surface area contributed by atoms with Crippen LogP contribution in [0.5, 0.6) is 11.5 Å². The molecule has 0 aromatic heterocycles. The van der Waals surface area contributed by atoms with Crippen LogP contribution in [-0.2, 0) is 4.79 Å². The van der Waals surface area contributed by atoms with Crippen molar-refractivity contribution in [1.82, 2.24) is 0 Å². The lowest BCUT2D eigenvalue weighted by Crippen LogP contribution is -2.32. The lowest BCUT2D eigenvalue weighted by molar-refractivity contribution is -0.122. The molecule has 4 heteroatoms. The second kappa shape index (κ2) is 7.71. The van der Waals surface area contributed by atoms with Gasteiger partial charge in [0.05, 0.1) is 7.11 Å². The highest BCUT2D eigenvalue weighted by Crippen LogP contribution is 2.28. The van der Waals surface area contributed by atoms with Crippen molar-refractivity contribution in [3.05, 3.63) is 66.7 Å². The molecule has 1 N–H and O–H groups in total. The molecule has 3 rings (SSSR count). The van der Waals surface area contributed by atoms with Gasteiger partial charge in [0.2, 0.25) is 0 Å². The average molecular weight is 335 g/mol. The first kappa shape index (κ1) is 16.8. The number of amides is 1. The molecule has 0 aliphatic carbocycles. The minimum Gasteiger partial charge on any atom is -0.493 e. The molecule has 0 bridgehead atoms. The molecule has 0 aliphatic heterocycles. The van der Waals surface area contributed by atoms with Crippen molar-refractivity contribution in [3.8, 4) is 11.5 Å². The lowest BCUT2D eigenvalue weighted by Gasteiger charge is -2.19. The Morgan fingerprint density at radius 1 is 0.960 bits per heavy atom. The van der Waals surface area contributed by atoms with Crippen LogP contribution < -0.4 is 14.8 Å². The van der Waals surface area contributed by atoms with Crippen LogP contribution in [0.3, 0.4) is 0 Å². The van der Waals surface area contributed by atoms with Gasteiger partial charge < -0.3 is 14.8 Å². The second-order valence-corrected chi connectivity index (χ2v) is 5.68. The van der Waals surface area contributed by atoms with Gasteiger partial charge in [-0.25, -0.2) is 0 Å². The van der Waals surface area contributed by atoms with Crippen LogP contribution in [-0.4, -0.2) is 19.1 Å². The minimum absolute atomic E-state index is 0.176. The molecule has 128 valence electrons. The molecular formula is C21H21NO3. The maximum Gasteiger partial charge on any atom is 0.265 e. The topological polar surface area (TPSA) is 47.6 Å². The molecule has 0 spiro atoms. The van der Waals surface area contributed by atoms with E-state index in [-0.39, 0.29) is 5.91 Å². The molecule has 0 radical (unpaired) electrons. The van der Waals surface area contributed by atoms with Crippen molar-refractivity contribution in [2.24, 2.45) is 0 Å². The fourth-order valence-corrected chi connectivity index (χ4v) is 2.74. The molecule has 0 saturated heterocycles. The summed E-state index contributed by atoms with van der Waals surface area (Å²) in [5, 5.41) is 5.08. The summed E-state index contributed by atoms with van der Waals surface area (Å²) in [6, 6.07) is 21.1. The van der Waals surface area contributed by atoms with E-state index in [2.05, 4.69) is 5.32 Å². The number of carbonyl (C=O) groups excluding carboxylic acids is 1. The van der Waals surface area contributed by atoms with Gasteiger partial charge in [0.25, 0.3) is 5.91 Å². The quantitative estimate of drug-likeness (QED) is 0.713. The number of para-hydroxylation sites is 2. The van der Waals surface area contributed by atoms with Gasteiger partial charge >= 0.3 is 0 Å². The van der Waals surface area contributed by atoms with E-state index >= 15 is 0 Å². The van der Waals surface area contributed by atoms with Crippen molar-refractivity contribution < 1.29 is 14.3 Å². The number of nitrogens with one attached hydrogen (secondary N) is 1. The van der Waals surface area contributed by atoms with Crippen molar-refractivity contribution in [1.29, 1.82) is 0 Å². The summed E-state index contributed by atoms with van der Waals surface area (Å²) in [5.41, 5.74) is 0.783. The van der Waals surface area contributed by atoms with Crippen LogP contribution in [0.4, 0.5) is 5.69 Å². The number of carbonyl (C=O) groups is 1. The molecule has 25 heavy (non-hydrogen) atoms. The highest BCUT2D eigenvalue weighted by molar-refractivity contribution is 6.03. The summed E-state index contributed by atoms with van der Waals surface area (Å²) in [5.74, 6) is 0.994. The van der Waals surface area contributed by atoms with E-state index < -0.39 is 6.10 Å². The van der Waals surface area contributed by atoms with Gasteiger partial charge in [-0.1, -0.05) is 55.5 Å². The van der Waals surface area contributed by atoms with E-state index in [0.29, 0.717) is 17.9 Å². The van der Waals surface area contributed by atoms with Crippen LogP contribution in [0.25, 0.3) is 10.8 Å². The third-order valence-electron chi connectivity index (χ3n) is 4.05. The van der Waals surface area contributed by atoms with Gasteiger partial charge in [0.15, 0.2) is 17.6 Å². The summed E-state index contributed by atoms with van der Waals surface area (Å²) in [4.78, 5) is 12.7. The number of rotatable bonds is 6. The van der Waals surface area contributed by atoms with Crippen molar-refractivity contribution in [2.45, 2.75) is 19.4 Å². The van der Waals surface area contributed by atoms with Crippen LogP contribution in [0.2, 0.25) is 0 Å².